The second-order valence-corrected chi connectivity index (χ2v) is 7.68. The van der Waals surface area contributed by atoms with Gasteiger partial charge in [0.2, 0.25) is 11.7 Å². The summed E-state index contributed by atoms with van der Waals surface area (Å²) in [6, 6.07) is 15.1. The van der Waals surface area contributed by atoms with Crippen molar-refractivity contribution in [3.05, 3.63) is 64.5 Å². The predicted octanol–water partition coefficient (Wildman–Crippen LogP) is 4.53. The minimum absolute atomic E-state index is 0.0577. The summed E-state index contributed by atoms with van der Waals surface area (Å²) < 4.78 is 11.7. The van der Waals surface area contributed by atoms with Crippen LogP contribution in [0.2, 0.25) is 0 Å². The zero-order valence-electron chi connectivity index (χ0n) is 15.5. The Morgan fingerprint density at radius 3 is 2.71 bits per heavy atom. The largest absolute Gasteiger partial charge is 0.497 e. The normalized spacial score (nSPS) is 14.9. The van der Waals surface area contributed by atoms with Gasteiger partial charge in [0.15, 0.2) is 0 Å². The molecule has 1 fully saturated rings. The van der Waals surface area contributed by atoms with Gasteiger partial charge in [-0.25, -0.2) is 0 Å². The minimum Gasteiger partial charge on any atom is -0.497 e. The van der Waals surface area contributed by atoms with Gasteiger partial charge in [-0.1, -0.05) is 39.3 Å². The van der Waals surface area contributed by atoms with Crippen LogP contribution in [0.25, 0.3) is 11.4 Å². The number of piperidine rings is 1. The molecule has 0 unspecified atom stereocenters. The third-order valence-electron chi connectivity index (χ3n) is 4.97. The lowest BCUT2D eigenvalue weighted by Gasteiger charge is -2.30. The Labute approximate surface area is 171 Å². The molecule has 0 atom stereocenters. The van der Waals surface area contributed by atoms with Crippen molar-refractivity contribution in [2.75, 3.05) is 20.2 Å². The SMILES string of the molecule is COc1cccc(-c2noc(C3CCN(C(=O)c4cccc(Br)c4)CC3)n2)c1. The summed E-state index contributed by atoms with van der Waals surface area (Å²) in [5.74, 6) is 2.16. The fraction of sp³-hybridized carbons (Fsp3) is 0.286. The number of carbonyl (C=O) groups is 1. The summed E-state index contributed by atoms with van der Waals surface area (Å²) in [6.07, 6.45) is 1.61. The molecule has 1 saturated heterocycles. The quantitative estimate of drug-likeness (QED) is 0.594. The van der Waals surface area contributed by atoms with Crippen LogP contribution in [0.3, 0.4) is 0 Å². The monoisotopic (exact) mass is 441 g/mol. The van der Waals surface area contributed by atoms with Crippen molar-refractivity contribution in [1.82, 2.24) is 15.0 Å². The highest BCUT2D eigenvalue weighted by atomic mass is 79.9. The summed E-state index contributed by atoms with van der Waals surface area (Å²) in [4.78, 5) is 19.1. The van der Waals surface area contributed by atoms with Gasteiger partial charge >= 0.3 is 0 Å². The van der Waals surface area contributed by atoms with Gasteiger partial charge < -0.3 is 14.2 Å². The number of rotatable bonds is 4. The van der Waals surface area contributed by atoms with Crippen molar-refractivity contribution in [1.29, 1.82) is 0 Å². The van der Waals surface area contributed by atoms with Crippen LogP contribution < -0.4 is 4.74 Å². The molecule has 4 rings (SSSR count). The van der Waals surface area contributed by atoms with E-state index in [-0.39, 0.29) is 11.8 Å². The van der Waals surface area contributed by atoms with E-state index >= 15 is 0 Å². The van der Waals surface area contributed by atoms with E-state index in [4.69, 9.17) is 9.26 Å². The van der Waals surface area contributed by atoms with E-state index in [1.807, 2.05) is 53.4 Å². The van der Waals surface area contributed by atoms with E-state index in [1.165, 1.54) is 0 Å². The van der Waals surface area contributed by atoms with Gasteiger partial charge in [0.25, 0.3) is 5.91 Å². The molecule has 144 valence electrons. The van der Waals surface area contributed by atoms with Crippen LogP contribution in [0, 0.1) is 0 Å². The summed E-state index contributed by atoms with van der Waals surface area (Å²) in [7, 11) is 1.63. The van der Waals surface area contributed by atoms with Crippen molar-refractivity contribution in [2.24, 2.45) is 0 Å². The van der Waals surface area contributed by atoms with E-state index in [1.54, 1.807) is 7.11 Å². The highest BCUT2D eigenvalue weighted by Crippen LogP contribution is 2.30. The van der Waals surface area contributed by atoms with Gasteiger partial charge in [0, 0.05) is 34.6 Å². The molecule has 3 aromatic rings. The average Bonchev–Trinajstić information content (AvgIpc) is 3.24. The Balaban J connectivity index is 1.41. The first-order chi connectivity index (χ1) is 13.6. The minimum atomic E-state index is 0.0577. The van der Waals surface area contributed by atoms with Gasteiger partial charge in [-0.05, 0) is 43.2 Å². The molecule has 6 nitrogen and oxygen atoms in total. The Kier molecular flexibility index (Phi) is 5.43. The number of methoxy groups -OCH3 is 1. The van der Waals surface area contributed by atoms with E-state index < -0.39 is 0 Å². The summed E-state index contributed by atoms with van der Waals surface area (Å²) in [5.41, 5.74) is 1.56. The Morgan fingerprint density at radius 1 is 1.18 bits per heavy atom. The van der Waals surface area contributed by atoms with Crippen LogP contribution in [-0.2, 0) is 0 Å². The molecule has 1 amide bonds. The molecule has 7 heteroatoms. The summed E-state index contributed by atoms with van der Waals surface area (Å²) >= 11 is 3.42. The average molecular weight is 442 g/mol. The number of ether oxygens (including phenoxy) is 1. The molecule has 0 aliphatic carbocycles. The van der Waals surface area contributed by atoms with Crippen LogP contribution in [0.4, 0.5) is 0 Å². The van der Waals surface area contributed by atoms with Crippen LogP contribution in [-0.4, -0.2) is 41.1 Å². The van der Waals surface area contributed by atoms with Crippen LogP contribution >= 0.6 is 15.9 Å². The number of hydrogen-bond donors (Lipinski definition) is 0. The smallest absolute Gasteiger partial charge is 0.253 e. The molecule has 2 heterocycles. The zero-order chi connectivity index (χ0) is 19.5. The molecule has 0 N–H and O–H groups in total. The Bertz CT molecular complexity index is 980. The third kappa shape index (κ3) is 3.94. The molecule has 0 saturated carbocycles. The highest BCUT2D eigenvalue weighted by Gasteiger charge is 2.28. The number of carbonyl (C=O) groups excluding carboxylic acids is 1. The van der Waals surface area contributed by atoms with E-state index in [0.717, 1.165) is 28.6 Å². The molecular weight excluding hydrogens is 422 g/mol. The molecule has 2 aromatic carbocycles. The first-order valence-corrected chi connectivity index (χ1v) is 9.96. The number of benzene rings is 2. The van der Waals surface area contributed by atoms with Crippen molar-refractivity contribution < 1.29 is 14.1 Å². The van der Waals surface area contributed by atoms with Gasteiger partial charge in [0.05, 0.1) is 7.11 Å². The number of nitrogens with zero attached hydrogens (tertiary/aromatic N) is 3. The second kappa shape index (κ2) is 8.14. The number of aromatic nitrogens is 2. The number of halogens is 1. The molecule has 1 aromatic heterocycles. The van der Waals surface area contributed by atoms with Crippen molar-refractivity contribution in [3.8, 4) is 17.1 Å². The molecule has 1 aliphatic rings. The van der Waals surface area contributed by atoms with Gasteiger partial charge in [-0.3, -0.25) is 4.79 Å². The standard InChI is InChI=1S/C21H20BrN3O3/c1-27-18-7-3-4-15(13-18)19-23-20(28-24-19)14-8-10-25(11-9-14)21(26)16-5-2-6-17(22)12-16/h2-7,12-14H,8-11H2,1H3. The molecule has 0 bridgehead atoms. The molecule has 28 heavy (non-hydrogen) atoms. The number of amides is 1. The zero-order valence-corrected chi connectivity index (χ0v) is 17.1. The number of likely N-dealkylation sites (tertiary alicyclic amines) is 1. The van der Waals surface area contributed by atoms with E-state index in [9.17, 15) is 4.79 Å². The Morgan fingerprint density at radius 2 is 1.96 bits per heavy atom. The summed E-state index contributed by atoms with van der Waals surface area (Å²) in [5, 5.41) is 4.12. The van der Waals surface area contributed by atoms with E-state index in [2.05, 4.69) is 26.1 Å². The van der Waals surface area contributed by atoms with Crippen LogP contribution in [0.15, 0.2) is 57.5 Å². The van der Waals surface area contributed by atoms with Crippen LogP contribution in [0.1, 0.15) is 35.0 Å². The van der Waals surface area contributed by atoms with Crippen LogP contribution in [0.5, 0.6) is 5.75 Å². The molecule has 0 spiro atoms. The maximum Gasteiger partial charge on any atom is 0.253 e. The fourth-order valence-electron chi connectivity index (χ4n) is 3.41. The fourth-order valence-corrected chi connectivity index (χ4v) is 3.81. The lowest BCUT2D eigenvalue weighted by molar-refractivity contribution is 0.0704. The molecule has 1 aliphatic heterocycles. The van der Waals surface area contributed by atoms with Gasteiger partial charge in [0.1, 0.15) is 5.75 Å². The first kappa shape index (κ1) is 18.7. The molecular formula is C21H20BrN3O3. The van der Waals surface area contributed by atoms with Gasteiger partial charge in [-0.15, -0.1) is 0 Å². The van der Waals surface area contributed by atoms with Crippen molar-refractivity contribution >= 4 is 21.8 Å². The first-order valence-electron chi connectivity index (χ1n) is 9.17. The topological polar surface area (TPSA) is 68.5 Å². The number of hydrogen-bond acceptors (Lipinski definition) is 5. The lowest BCUT2D eigenvalue weighted by Crippen LogP contribution is -2.38. The third-order valence-corrected chi connectivity index (χ3v) is 5.47. The van der Waals surface area contributed by atoms with Crippen molar-refractivity contribution in [3.63, 3.8) is 0 Å². The van der Waals surface area contributed by atoms with Crippen molar-refractivity contribution in [2.45, 2.75) is 18.8 Å². The molecule has 0 radical (unpaired) electrons. The second-order valence-electron chi connectivity index (χ2n) is 6.76. The summed E-state index contributed by atoms with van der Waals surface area (Å²) in [6.45, 7) is 1.35. The maximum atomic E-state index is 12.7. The van der Waals surface area contributed by atoms with E-state index in [0.29, 0.717) is 30.4 Å². The lowest BCUT2D eigenvalue weighted by atomic mass is 9.96. The predicted molar refractivity (Wildman–Crippen MR) is 108 cm³/mol. The highest BCUT2D eigenvalue weighted by molar-refractivity contribution is 9.10. The Hall–Kier alpha value is -2.67. The van der Waals surface area contributed by atoms with Gasteiger partial charge in [-0.2, -0.15) is 4.98 Å². The maximum absolute atomic E-state index is 12.7.